The van der Waals surface area contributed by atoms with Crippen LogP contribution in [0.25, 0.3) is 0 Å². The fourth-order valence-corrected chi connectivity index (χ4v) is 9.57. The zero-order valence-electron chi connectivity index (χ0n) is 35.5. The van der Waals surface area contributed by atoms with E-state index in [2.05, 4.69) is 31.9 Å². The van der Waals surface area contributed by atoms with Crippen molar-refractivity contribution in [1.82, 2.24) is 10.2 Å². The molecular formula is C45H64N4O7S3. The monoisotopic (exact) mass is 868 g/mol. The van der Waals surface area contributed by atoms with Crippen LogP contribution in [0.2, 0.25) is 0 Å². The maximum absolute atomic E-state index is 12.9. The fourth-order valence-electron chi connectivity index (χ4n) is 7.79. The van der Waals surface area contributed by atoms with Crippen LogP contribution in [-0.2, 0) is 46.2 Å². The number of carbonyl (C=O) groups excluding carboxylic acids is 2. The van der Waals surface area contributed by atoms with Gasteiger partial charge in [-0.05, 0) is 92.4 Å². The van der Waals surface area contributed by atoms with Gasteiger partial charge < -0.3 is 29.5 Å². The minimum Gasteiger partial charge on any atom is -0.382 e. The van der Waals surface area contributed by atoms with Gasteiger partial charge in [-0.15, -0.1) is 22.7 Å². The second-order valence-electron chi connectivity index (χ2n) is 14.9. The fraction of sp³-hybridized carbons (Fsp3) is 0.511. The highest BCUT2D eigenvalue weighted by Gasteiger charge is 2.43. The largest absolute Gasteiger partial charge is 0.382 e. The van der Waals surface area contributed by atoms with Gasteiger partial charge in [0.25, 0.3) is 10.1 Å². The lowest BCUT2D eigenvalue weighted by Crippen LogP contribution is -2.60. The summed E-state index contributed by atoms with van der Waals surface area (Å²) in [5.41, 5.74) is 1.46. The van der Waals surface area contributed by atoms with Crippen LogP contribution in [0.3, 0.4) is 0 Å². The van der Waals surface area contributed by atoms with Crippen molar-refractivity contribution >= 4 is 56.0 Å². The number of piperidine rings is 2. The van der Waals surface area contributed by atoms with Crippen LogP contribution in [-0.4, -0.2) is 109 Å². The SMILES string of the molecule is CCC(=O)N(c1ccccc1)C1(COC)CCN(CCc2cccs2)CC1.CCC(=O)N(c1ccccc1)C1(COC)CCNCC1.CS(=O)(=O)OCCc1cccs1. The highest BCUT2D eigenvalue weighted by Crippen LogP contribution is 2.35. The van der Waals surface area contributed by atoms with E-state index in [4.69, 9.17) is 9.47 Å². The quantitative estimate of drug-likeness (QED) is 0.107. The van der Waals surface area contributed by atoms with E-state index in [1.54, 1.807) is 25.6 Å². The van der Waals surface area contributed by atoms with Crippen LogP contribution in [0.1, 0.15) is 62.1 Å². The van der Waals surface area contributed by atoms with E-state index in [1.807, 2.05) is 113 Å². The van der Waals surface area contributed by atoms with Crippen molar-refractivity contribution in [2.45, 2.75) is 76.3 Å². The Morgan fingerprint density at radius 3 is 1.56 bits per heavy atom. The molecule has 0 atom stereocenters. The molecule has 2 aliphatic rings. The Balaban J connectivity index is 0.000000211. The first-order valence-electron chi connectivity index (χ1n) is 20.6. The first kappa shape index (κ1) is 48.2. The molecule has 59 heavy (non-hydrogen) atoms. The molecule has 0 unspecified atom stereocenters. The van der Waals surface area contributed by atoms with Crippen LogP contribution in [0, 0.1) is 0 Å². The molecule has 0 radical (unpaired) electrons. The molecule has 324 valence electrons. The van der Waals surface area contributed by atoms with Gasteiger partial charge in [0.1, 0.15) is 0 Å². The van der Waals surface area contributed by atoms with Crippen molar-refractivity contribution in [3.63, 3.8) is 0 Å². The minimum atomic E-state index is -3.27. The van der Waals surface area contributed by atoms with Gasteiger partial charge in [-0.3, -0.25) is 13.8 Å². The number of rotatable bonds is 17. The first-order chi connectivity index (χ1) is 28.5. The van der Waals surface area contributed by atoms with Crippen LogP contribution >= 0.6 is 22.7 Å². The highest BCUT2D eigenvalue weighted by molar-refractivity contribution is 7.85. The van der Waals surface area contributed by atoms with Crippen molar-refractivity contribution in [1.29, 1.82) is 0 Å². The molecule has 2 fully saturated rings. The number of amides is 2. The van der Waals surface area contributed by atoms with E-state index in [0.717, 1.165) is 87.3 Å². The number of nitrogens with zero attached hydrogens (tertiary/aromatic N) is 3. The average Bonchev–Trinajstić information content (AvgIpc) is 3.98. The molecule has 0 aliphatic carbocycles. The Morgan fingerprint density at radius 2 is 1.15 bits per heavy atom. The molecule has 2 aromatic heterocycles. The van der Waals surface area contributed by atoms with Gasteiger partial charge in [-0.2, -0.15) is 8.42 Å². The number of hydrogen-bond acceptors (Lipinski definition) is 11. The molecule has 2 aliphatic heterocycles. The summed E-state index contributed by atoms with van der Waals surface area (Å²) in [7, 11) is 0.180. The van der Waals surface area contributed by atoms with Gasteiger partial charge in [0.15, 0.2) is 0 Å². The average molecular weight is 869 g/mol. The number of thiophene rings is 2. The molecule has 2 amide bonds. The van der Waals surface area contributed by atoms with Crippen molar-refractivity contribution < 1.29 is 31.7 Å². The second-order valence-corrected chi connectivity index (χ2v) is 18.6. The van der Waals surface area contributed by atoms with E-state index in [0.29, 0.717) is 32.5 Å². The summed E-state index contributed by atoms with van der Waals surface area (Å²) in [5.74, 6) is 0.334. The maximum atomic E-state index is 12.9. The number of methoxy groups -OCH3 is 2. The van der Waals surface area contributed by atoms with Crippen molar-refractivity contribution in [3.8, 4) is 0 Å². The third kappa shape index (κ3) is 14.9. The summed E-state index contributed by atoms with van der Waals surface area (Å²) in [6.07, 6.45) is 7.54. The summed E-state index contributed by atoms with van der Waals surface area (Å²) >= 11 is 3.43. The first-order valence-corrected chi connectivity index (χ1v) is 24.1. The Morgan fingerprint density at radius 1 is 0.695 bits per heavy atom. The number of hydrogen-bond donors (Lipinski definition) is 1. The van der Waals surface area contributed by atoms with Gasteiger partial charge in [0.05, 0.1) is 37.2 Å². The molecule has 4 aromatic rings. The molecule has 14 heteroatoms. The van der Waals surface area contributed by atoms with Gasteiger partial charge in [0, 0.05) is 74.2 Å². The molecule has 2 aromatic carbocycles. The van der Waals surface area contributed by atoms with Crippen LogP contribution in [0.15, 0.2) is 95.7 Å². The summed E-state index contributed by atoms with van der Waals surface area (Å²) in [6, 6.07) is 28.2. The van der Waals surface area contributed by atoms with Crippen molar-refractivity contribution in [2.24, 2.45) is 0 Å². The molecule has 0 spiro atoms. The third-order valence-corrected chi connectivity index (χ3v) is 13.2. The summed E-state index contributed by atoms with van der Waals surface area (Å²) in [6.45, 7) is 10.2. The maximum Gasteiger partial charge on any atom is 0.264 e. The highest BCUT2D eigenvalue weighted by atomic mass is 32.2. The standard InChI is InChI=1S/C22H30N2O2S.C16H24N2O2.C7H10O3S2/c1-3-21(25)24(19-8-5-4-6-9-19)22(18-26-2)12-15-23(16-13-22)14-11-20-10-7-17-27-20;1-3-15(19)18(14-7-5-4-6-8-14)16(13-20-2)9-11-17-12-10-16;1-12(8,9)10-5-4-7-3-2-6-11-7/h4-10,17H,3,11-16,18H2,1-2H3;4-8,17H,3,9-13H2,1-2H3;2-3,6H,4-5H2,1H3. The van der Waals surface area contributed by atoms with E-state index in [1.165, 1.54) is 4.88 Å². The van der Waals surface area contributed by atoms with Crippen molar-refractivity contribution in [3.05, 3.63) is 105 Å². The Bertz CT molecular complexity index is 1860. The van der Waals surface area contributed by atoms with E-state index in [9.17, 15) is 18.0 Å². The Hall–Kier alpha value is -3.47. The lowest BCUT2D eigenvalue weighted by molar-refractivity contribution is -0.121. The zero-order valence-corrected chi connectivity index (χ0v) is 37.9. The topological polar surface area (TPSA) is 118 Å². The smallest absolute Gasteiger partial charge is 0.264 e. The number of anilines is 2. The minimum absolute atomic E-state index is 0.162. The molecular weight excluding hydrogens is 805 g/mol. The number of likely N-dealkylation sites (tertiary alicyclic amines) is 1. The van der Waals surface area contributed by atoms with E-state index in [-0.39, 0.29) is 29.5 Å². The molecule has 11 nitrogen and oxygen atoms in total. The summed E-state index contributed by atoms with van der Waals surface area (Å²) < 4.78 is 36.7. The number of carbonyl (C=O) groups is 2. The molecule has 4 heterocycles. The predicted molar refractivity (Wildman–Crippen MR) is 242 cm³/mol. The predicted octanol–water partition coefficient (Wildman–Crippen LogP) is 7.68. The van der Waals surface area contributed by atoms with Gasteiger partial charge in [-0.25, -0.2) is 0 Å². The van der Waals surface area contributed by atoms with Crippen LogP contribution < -0.4 is 15.1 Å². The van der Waals surface area contributed by atoms with E-state index >= 15 is 0 Å². The van der Waals surface area contributed by atoms with Crippen LogP contribution in [0.4, 0.5) is 11.4 Å². The Kier molecular flexibility index (Phi) is 20.2. The number of ether oxygens (including phenoxy) is 2. The molecule has 1 N–H and O–H groups in total. The normalized spacial score (nSPS) is 16.2. The van der Waals surface area contributed by atoms with Gasteiger partial charge in [-0.1, -0.05) is 62.4 Å². The van der Waals surface area contributed by atoms with Crippen LogP contribution in [0.5, 0.6) is 0 Å². The molecule has 0 bridgehead atoms. The third-order valence-electron chi connectivity index (χ3n) is 10.7. The summed E-state index contributed by atoms with van der Waals surface area (Å²) in [5, 5.41) is 7.46. The number of nitrogens with one attached hydrogen (secondary N) is 1. The second kappa shape index (κ2) is 24.7. The Labute approximate surface area is 360 Å². The molecule has 2 saturated heterocycles. The van der Waals surface area contributed by atoms with E-state index < -0.39 is 10.1 Å². The van der Waals surface area contributed by atoms with Gasteiger partial charge >= 0.3 is 0 Å². The lowest BCUT2D eigenvalue weighted by Gasteiger charge is -2.48. The molecule has 6 rings (SSSR count). The number of para-hydroxylation sites is 2. The molecule has 0 saturated carbocycles. The number of benzene rings is 2. The lowest BCUT2D eigenvalue weighted by atomic mass is 9.85. The zero-order chi connectivity index (χ0) is 42.6. The summed E-state index contributed by atoms with van der Waals surface area (Å²) in [4.78, 5) is 34.5. The van der Waals surface area contributed by atoms with Gasteiger partial charge in [0.2, 0.25) is 11.8 Å². The van der Waals surface area contributed by atoms with Crippen molar-refractivity contribution in [2.75, 3.05) is 82.8 Å².